The first-order valence-electron chi connectivity index (χ1n) is 9.43. The summed E-state index contributed by atoms with van der Waals surface area (Å²) in [7, 11) is 0. The first-order valence-corrected chi connectivity index (χ1v) is 10.6. The molecule has 27 heavy (non-hydrogen) atoms. The van der Waals surface area contributed by atoms with E-state index in [0.717, 1.165) is 66.9 Å². The van der Waals surface area contributed by atoms with Crippen molar-refractivity contribution in [1.82, 2.24) is 14.8 Å². The van der Waals surface area contributed by atoms with E-state index in [1.807, 2.05) is 36.1 Å². The van der Waals surface area contributed by atoms with Crippen molar-refractivity contribution < 1.29 is 9.53 Å². The smallest absolute Gasteiger partial charge is 0.265 e. The van der Waals surface area contributed by atoms with Gasteiger partial charge in [-0.3, -0.25) is 9.69 Å². The Kier molecular flexibility index (Phi) is 7.10. The molecule has 0 saturated carbocycles. The van der Waals surface area contributed by atoms with E-state index in [2.05, 4.69) is 16.8 Å². The number of carbonyl (C=O) groups excluding carboxylic acids is 1. The number of benzene rings is 1. The molecule has 0 unspecified atom stereocenters. The zero-order chi connectivity index (χ0) is 19.2. The zero-order valence-corrected chi connectivity index (χ0v) is 17.5. The van der Waals surface area contributed by atoms with Crippen molar-refractivity contribution in [2.24, 2.45) is 0 Å². The average Bonchev–Trinajstić information content (AvgIpc) is 3.04. The van der Waals surface area contributed by atoms with Gasteiger partial charge in [0.2, 0.25) is 0 Å². The Morgan fingerprint density at radius 2 is 2.00 bits per heavy atom. The van der Waals surface area contributed by atoms with Gasteiger partial charge >= 0.3 is 0 Å². The third-order valence-electron chi connectivity index (χ3n) is 4.66. The van der Waals surface area contributed by atoms with E-state index in [-0.39, 0.29) is 5.91 Å². The van der Waals surface area contributed by atoms with Gasteiger partial charge in [-0.05, 0) is 31.9 Å². The maximum absolute atomic E-state index is 12.8. The number of rotatable bonds is 7. The Balaban J connectivity index is 1.46. The summed E-state index contributed by atoms with van der Waals surface area (Å²) in [4.78, 5) is 22.4. The molecule has 1 saturated heterocycles. The highest BCUT2D eigenvalue weighted by Gasteiger charge is 2.25. The minimum absolute atomic E-state index is 0.124. The Morgan fingerprint density at radius 3 is 2.70 bits per heavy atom. The van der Waals surface area contributed by atoms with Crippen molar-refractivity contribution in [3.8, 4) is 5.75 Å². The normalized spacial score (nSPS) is 15.1. The minimum Gasteiger partial charge on any atom is -0.491 e. The number of nitrogens with zero attached hydrogens (tertiary/aromatic N) is 3. The van der Waals surface area contributed by atoms with Gasteiger partial charge in [0, 0.05) is 32.7 Å². The summed E-state index contributed by atoms with van der Waals surface area (Å²) >= 11 is 7.66. The van der Waals surface area contributed by atoms with Crippen LogP contribution in [0.25, 0.3) is 0 Å². The average molecular weight is 408 g/mol. The van der Waals surface area contributed by atoms with Gasteiger partial charge in [-0.15, -0.1) is 11.3 Å². The molecule has 0 bridgehead atoms. The Labute approximate surface area is 169 Å². The third kappa shape index (κ3) is 5.21. The van der Waals surface area contributed by atoms with E-state index in [9.17, 15) is 4.79 Å². The lowest BCUT2D eigenvalue weighted by Crippen LogP contribution is -2.49. The molecule has 3 rings (SSSR count). The van der Waals surface area contributed by atoms with Crippen LogP contribution in [0.3, 0.4) is 0 Å². The van der Waals surface area contributed by atoms with Crippen LogP contribution in [0.5, 0.6) is 5.75 Å². The molecule has 1 amide bonds. The Morgan fingerprint density at radius 1 is 1.26 bits per heavy atom. The molecule has 0 N–H and O–H groups in total. The van der Waals surface area contributed by atoms with E-state index >= 15 is 0 Å². The van der Waals surface area contributed by atoms with Gasteiger partial charge in [0.05, 0.1) is 15.7 Å². The molecular weight excluding hydrogens is 382 g/mol. The molecule has 5 nitrogen and oxygen atoms in total. The van der Waals surface area contributed by atoms with Crippen LogP contribution < -0.4 is 4.74 Å². The second kappa shape index (κ2) is 9.53. The van der Waals surface area contributed by atoms with Crippen molar-refractivity contribution in [3.63, 3.8) is 0 Å². The monoisotopic (exact) mass is 407 g/mol. The second-order valence-electron chi connectivity index (χ2n) is 6.68. The van der Waals surface area contributed by atoms with E-state index in [0.29, 0.717) is 11.6 Å². The van der Waals surface area contributed by atoms with E-state index in [1.165, 1.54) is 0 Å². The quantitative estimate of drug-likeness (QED) is 0.698. The highest BCUT2D eigenvalue weighted by atomic mass is 35.5. The van der Waals surface area contributed by atoms with E-state index in [4.69, 9.17) is 16.3 Å². The number of para-hydroxylation sites is 1. The number of amides is 1. The van der Waals surface area contributed by atoms with Gasteiger partial charge in [0.1, 0.15) is 17.2 Å². The Hall–Kier alpha value is -1.63. The number of thiazole rings is 1. The van der Waals surface area contributed by atoms with Crippen molar-refractivity contribution >= 4 is 28.8 Å². The van der Waals surface area contributed by atoms with Crippen molar-refractivity contribution in [1.29, 1.82) is 0 Å². The van der Waals surface area contributed by atoms with Crippen molar-refractivity contribution in [2.45, 2.75) is 26.7 Å². The molecule has 1 fully saturated rings. The molecule has 1 aliphatic heterocycles. The van der Waals surface area contributed by atoms with Gasteiger partial charge < -0.3 is 9.64 Å². The fourth-order valence-corrected chi connectivity index (χ4v) is 4.46. The van der Waals surface area contributed by atoms with Crippen LogP contribution in [0.4, 0.5) is 0 Å². The molecule has 0 aliphatic carbocycles. The molecule has 2 aromatic rings. The fraction of sp³-hybridized carbons (Fsp3) is 0.500. The maximum Gasteiger partial charge on any atom is 0.265 e. The maximum atomic E-state index is 12.8. The number of halogens is 1. The molecule has 1 aromatic carbocycles. The van der Waals surface area contributed by atoms with Gasteiger partial charge in [-0.2, -0.15) is 0 Å². The van der Waals surface area contributed by atoms with Crippen molar-refractivity contribution in [2.75, 3.05) is 39.3 Å². The molecule has 2 heterocycles. The molecule has 1 aromatic heterocycles. The molecular formula is C20H26ClN3O2S. The summed E-state index contributed by atoms with van der Waals surface area (Å²) in [6, 6.07) is 7.51. The van der Waals surface area contributed by atoms with Crippen LogP contribution in [0.2, 0.25) is 5.02 Å². The summed E-state index contributed by atoms with van der Waals surface area (Å²) in [6.07, 6.45) is 1.99. The number of aryl methyl sites for hydroxylation is 2. The van der Waals surface area contributed by atoms with Crippen LogP contribution in [0.15, 0.2) is 24.3 Å². The van der Waals surface area contributed by atoms with Crippen LogP contribution in [-0.4, -0.2) is 60.0 Å². The number of piperazine rings is 1. The van der Waals surface area contributed by atoms with E-state index < -0.39 is 0 Å². The lowest BCUT2D eigenvalue weighted by Gasteiger charge is -2.34. The molecule has 0 spiro atoms. The lowest BCUT2D eigenvalue weighted by atomic mass is 10.2. The van der Waals surface area contributed by atoms with Gasteiger partial charge in [-0.25, -0.2) is 4.98 Å². The number of aromatic nitrogens is 1. The number of ether oxygens (including phenoxy) is 1. The molecule has 1 aliphatic rings. The molecule has 0 radical (unpaired) electrons. The Bertz CT molecular complexity index is 772. The van der Waals surface area contributed by atoms with Crippen LogP contribution in [0.1, 0.15) is 33.7 Å². The third-order valence-corrected chi connectivity index (χ3v) is 6.18. The van der Waals surface area contributed by atoms with Crippen LogP contribution >= 0.6 is 22.9 Å². The molecule has 146 valence electrons. The highest BCUT2D eigenvalue weighted by Crippen LogP contribution is 2.23. The number of hydrogen-bond donors (Lipinski definition) is 0. The minimum atomic E-state index is 0.124. The first kappa shape index (κ1) is 20.1. The number of hydrogen-bond acceptors (Lipinski definition) is 5. The highest BCUT2D eigenvalue weighted by molar-refractivity contribution is 7.13. The molecule has 7 heteroatoms. The number of carbonyl (C=O) groups is 1. The van der Waals surface area contributed by atoms with Gasteiger partial charge in [-0.1, -0.05) is 30.7 Å². The fourth-order valence-electron chi connectivity index (χ4n) is 3.14. The largest absolute Gasteiger partial charge is 0.491 e. The predicted molar refractivity (Wildman–Crippen MR) is 110 cm³/mol. The summed E-state index contributed by atoms with van der Waals surface area (Å²) in [6.45, 7) is 8.68. The standard InChI is InChI=1S/C20H26ClN3O2S/c1-3-6-18-22-15(2)19(27-18)20(25)24-11-9-23(10-12-24)13-14-26-17-8-5-4-7-16(17)21/h4-5,7-8H,3,6,9-14H2,1-2H3. The SMILES string of the molecule is CCCc1nc(C)c(C(=O)N2CCN(CCOc3ccccc3Cl)CC2)s1. The second-order valence-corrected chi connectivity index (χ2v) is 8.18. The van der Waals surface area contributed by atoms with Crippen molar-refractivity contribution in [3.05, 3.63) is 44.9 Å². The summed E-state index contributed by atoms with van der Waals surface area (Å²) in [5.74, 6) is 0.843. The molecule has 0 atom stereocenters. The summed E-state index contributed by atoms with van der Waals surface area (Å²) in [5.41, 5.74) is 0.865. The van der Waals surface area contributed by atoms with Crippen LogP contribution in [0, 0.1) is 6.92 Å². The summed E-state index contributed by atoms with van der Waals surface area (Å²) < 4.78 is 5.76. The topological polar surface area (TPSA) is 45.7 Å². The zero-order valence-electron chi connectivity index (χ0n) is 15.9. The summed E-state index contributed by atoms with van der Waals surface area (Å²) in [5, 5.41) is 1.70. The van der Waals surface area contributed by atoms with Crippen LogP contribution in [-0.2, 0) is 6.42 Å². The van der Waals surface area contributed by atoms with Gasteiger partial charge in [0.15, 0.2) is 0 Å². The van der Waals surface area contributed by atoms with Gasteiger partial charge in [0.25, 0.3) is 5.91 Å². The first-order chi connectivity index (χ1) is 13.1. The van der Waals surface area contributed by atoms with E-state index in [1.54, 1.807) is 11.3 Å². The lowest BCUT2D eigenvalue weighted by molar-refractivity contribution is 0.0624. The predicted octanol–water partition coefficient (Wildman–Crippen LogP) is 3.89.